The van der Waals surface area contributed by atoms with Crippen molar-refractivity contribution in [2.24, 2.45) is 0 Å². The summed E-state index contributed by atoms with van der Waals surface area (Å²) in [6.07, 6.45) is 1.55. The van der Waals surface area contributed by atoms with Crippen molar-refractivity contribution in [3.05, 3.63) is 24.3 Å². The molecule has 0 rings (SSSR count). The van der Waals surface area contributed by atoms with Gasteiger partial charge < -0.3 is 0 Å². The van der Waals surface area contributed by atoms with Crippen LogP contribution in [0.5, 0.6) is 0 Å². The molecule has 0 amide bonds. The first-order chi connectivity index (χ1) is 4.16. The van der Waals surface area contributed by atoms with E-state index in [0.717, 1.165) is 0 Å². The average Bonchev–Trinajstić information content (AvgIpc) is 1.83. The quantitative estimate of drug-likeness (QED) is 0.553. The Labute approximate surface area is 53.9 Å². The maximum absolute atomic E-state index is 12.1. The van der Waals surface area contributed by atoms with Crippen molar-refractivity contribution >= 4 is 0 Å². The minimum Gasteiger partial charge on any atom is -0.212 e. The van der Waals surface area contributed by atoms with Crippen LogP contribution in [0.25, 0.3) is 0 Å². The lowest BCUT2D eigenvalue weighted by Gasteiger charge is -1.91. The standard InChI is InChI=1S/C7H10F2/c1-3-7(9)5-4-6(2)8/h3H,2,4-5H2,1H3/b7-3+. The van der Waals surface area contributed by atoms with Crippen molar-refractivity contribution in [1.82, 2.24) is 0 Å². The predicted molar refractivity (Wildman–Crippen MR) is 34.3 cm³/mol. The van der Waals surface area contributed by atoms with Crippen LogP contribution in [0.2, 0.25) is 0 Å². The lowest BCUT2D eigenvalue weighted by atomic mass is 10.2. The van der Waals surface area contributed by atoms with E-state index in [-0.39, 0.29) is 18.7 Å². The zero-order valence-corrected chi connectivity index (χ0v) is 5.45. The topological polar surface area (TPSA) is 0 Å². The molecule has 0 radical (unpaired) electrons. The molecule has 0 aromatic rings. The van der Waals surface area contributed by atoms with E-state index in [1.165, 1.54) is 6.08 Å². The van der Waals surface area contributed by atoms with Gasteiger partial charge in [-0.3, -0.25) is 0 Å². The molecule has 0 aliphatic rings. The van der Waals surface area contributed by atoms with E-state index in [9.17, 15) is 8.78 Å². The van der Waals surface area contributed by atoms with Crippen molar-refractivity contribution in [2.45, 2.75) is 19.8 Å². The van der Waals surface area contributed by atoms with Crippen LogP contribution in [-0.2, 0) is 0 Å². The SMILES string of the molecule is C=C(F)CC/C(F)=C\C. The van der Waals surface area contributed by atoms with Gasteiger partial charge in [0.1, 0.15) is 0 Å². The normalized spacial score (nSPS) is 11.7. The molecule has 0 saturated carbocycles. The molecule has 0 aromatic heterocycles. The predicted octanol–water partition coefficient (Wildman–Crippen LogP) is 3.12. The second-order valence-corrected chi connectivity index (χ2v) is 1.75. The Morgan fingerprint density at radius 3 is 2.33 bits per heavy atom. The van der Waals surface area contributed by atoms with Crippen LogP contribution in [-0.4, -0.2) is 0 Å². The molecule has 0 atom stereocenters. The van der Waals surface area contributed by atoms with Crippen LogP contribution in [0.3, 0.4) is 0 Å². The monoisotopic (exact) mass is 132 g/mol. The molecular formula is C7H10F2. The lowest BCUT2D eigenvalue weighted by Crippen LogP contribution is -1.75. The summed E-state index contributed by atoms with van der Waals surface area (Å²) >= 11 is 0. The van der Waals surface area contributed by atoms with E-state index in [1.54, 1.807) is 6.92 Å². The third-order valence-corrected chi connectivity index (χ3v) is 0.948. The molecule has 2 heteroatoms. The number of halogens is 2. The van der Waals surface area contributed by atoms with Crippen LogP contribution in [0.15, 0.2) is 24.3 Å². The summed E-state index contributed by atoms with van der Waals surface area (Å²) in [5, 5.41) is 0. The van der Waals surface area contributed by atoms with Crippen LogP contribution < -0.4 is 0 Å². The van der Waals surface area contributed by atoms with Crippen molar-refractivity contribution < 1.29 is 8.78 Å². The van der Waals surface area contributed by atoms with E-state index in [1.807, 2.05) is 0 Å². The summed E-state index contributed by atoms with van der Waals surface area (Å²) in [5.41, 5.74) is 0. The van der Waals surface area contributed by atoms with Gasteiger partial charge in [-0.25, -0.2) is 8.78 Å². The lowest BCUT2D eigenvalue weighted by molar-refractivity contribution is 0.538. The fraction of sp³-hybridized carbons (Fsp3) is 0.429. The van der Waals surface area contributed by atoms with Crippen molar-refractivity contribution in [1.29, 1.82) is 0 Å². The first-order valence-corrected chi connectivity index (χ1v) is 2.80. The Morgan fingerprint density at radius 2 is 2.00 bits per heavy atom. The van der Waals surface area contributed by atoms with Crippen molar-refractivity contribution in [2.75, 3.05) is 0 Å². The number of rotatable bonds is 3. The van der Waals surface area contributed by atoms with E-state index >= 15 is 0 Å². The second kappa shape index (κ2) is 4.24. The summed E-state index contributed by atoms with van der Waals surface area (Å²) in [5.74, 6) is -0.749. The molecule has 0 aliphatic heterocycles. The minimum atomic E-state index is -0.466. The third-order valence-electron chi connectivity index (χ3n) is 0.948. The van der Waals surface area contributed by atoms with Crippen LogP contribution in [0, 0.1) is 0 Å². The molecule has 0 saturated heterocycles. The minimum absolute atomic E-state index is 0.0934. The van der Waals surface area contributed by atoms with Gasteiger partial charge >= 0.3 is 0 Å². The van der Waals surface area contributed by atoms with Gasteiger partial charge in [-0.2, -0.15) is 0 Å². The Bertz CT molecular complexity index is 125. The Kier molecular flexibility index (Phi) is 3.93. The third kappa shape index (κ3) is 5.21. The summed E-state index contributed by atoms with van der Waals surface area (Å²) in [7, 11) is 0. The Morgan fingerprint density at radius 1 is 1.44 bits per heavy atom. The molecule has 0 bridgehead atoms. The first-order valence-electron chi connectivity index (χ1n) is 2.80. The van der Waals surface area contributed by atoms with E-state index in [4.69, 9.17) is 0 Å². The highest BCUT2D eigenvalue weighted by Gasteiger charge is 1.94. The highest BCUT2D eigenvalue weighted by atomic mass is 19.1. The van der Waals surface area contributed by atoms with Gasteiger partial charge in [-0.15, -0.1) is 0 Å². The fourth-order valence-corrected chi connectivity index (χ4v) is 0.399. The zero-order chi connectivity index (χ0) is 7.28. The smallest absolute Gasteiger partial charge is 0.0961 e. The number of hydrogen-bond acceptors (Lipinski definition) is 0. The molecule has 0 aromatic carbocycles. The van der Waals surface area contributed by atoms with E-state index in [0.29, 0.717) is 0 Å². The molecule has 52 valence electrons. The summed E-state index contributed by atoms with van der Waals surface area (Å²) in [4.78, 5) is 0. The zero-order valence-electron chi connectivity index (χ0n) is 5.45. The molecule has 0 N–H and O–H groups in total. The van der Waals surface area contributed by atoms with Crippen molar-refractivity contribution in [3.8, 4) is 0 Å². The molecule has 0 unspecified atom stereocenters. The first kappa shape index (κ1) is 8.34. The van der Waals surface area contributed by atoms with Gasteiger partial charge in [0.25, 0.3) is 0 Å². The van der Waals surface area contributed by atoms with Crippen LogP contribution >= 0.6 is 0 Å². The number of allylic oxidation sites excluding steroid dienone is 3. The largest absolute Gasteiger partial charge is 0.212 e. The Hall–Kier alpha value is -0.660. The molecule has 0 fully saturated rings. The van der Waals surface area contributed by atoms with E-state index < -0.39 is 5.83 Å². The fourth-order valence-electron chi connectivity index (χ4n) is 0.399. The maximum atomic E-state index is 12.1. The van der Waals surface area contributed by atoms with Gasteiger partial charge in [-0.05, 0) is 6.92 Å². The van der Waals surface area contributed by atoms with Gasteiger partial charge in [0.2, 0.25) is 0 Å². The summed E-state index contributed by atoms with van der Waals surface area (Å²) < 4.78 is 24.0. The highest BCUT2D eigenvalue weighted by Crippen LogP contribution is 2.11. The average molecular weight is 132 g/mol. The van der Waals surface area contributed by atoms with Gasteiger partial charge in [0, 0.05) is 12.8 Å². The van der Waals surface area contributed by atoms with Crippen LogP contribution in [0.1, 0.15) is 19.8 Å². The van der Waals surface area contributed by atoms with Crippen molar-refractivity contribution in [3.63, 3.8) is 0 Å². The molecule has 0 nitrogen and oxygen atoms in total. The summed E-state index contributed by atoms with van der Waals surface area (Å²) in [6, 6.07) is 0. The Balaban J connectivity index is 3.39. The molecular weight excluding hydrogens is 122 g/mol. The summed E-state index contributed by atoms with van der Waals surface area (Å²) in [6.45, 7) is 4.58. The molecule has 0 spiro atoms. The van der Waals surface area contributed by atoms with Gasteiger partial charge in [-0.1, -0.05) is 12.7 Å². The van der Waals surface area contributed by atoms with Crippen LogP contribution in [0.4, 0.5) is 8.78 Å². The molecule has 0 heterocycles. The maximum Gasteiger partial charge on any atom is 0.0961 e. The number of hydrogen-bond donors (Lipinski definition) is 0. The van der Waals surface area contributed by atoms with Gasteiger partial charge in [0.05, 0.1) is 11.7 Å². The van der Waals surface area contributed by atoms with Gasteiger partial charge in [0.15, 0.2) is 0 Å². The second-order valence-electron chi connectivity index (χ2n) is 1.75. The highest BCUT2D eigenvalue weighted by molar-refractivity contribution is 4.93. The molecule has 0 aliphatic carbocycles. The molecule has 9 heavy (non-hydrogen) atoms. The van der Waals surface area contributed by atoms with E-state index in [2.05, 4.69) is 6.58 Å².